The van der Waals surface area contributed by atoms with Crippen LogP contribution in [0.5, 0.6) is 11.5 Å². The monoisotopic (exact) mass is 598 g/mol. The number of benzene rings is 6. The summed E-state index contributed by atoms with van der Waals surface area (Å²) >= 11 is 0. The number of hydrogen-bond acceptors (Lipinski definition) is 5. The van der Waals surface area contributed by atoms with E-state index in [4.69, 9.17) is 4.74 Å². The molecule has 7 heteroatoms. The molecule has 6 aromatic rings. The molecule has 0 amide bonds. The highest BCUT2D eigenvalue weighted by atomic mass is 31.1. The molecule has 0 heterocycles. The summed E-state index contributed by atoms with van der Waals surface area (Å²) in [6, 6.07) is 44.3. The van der Waals surface area contributed by atoms with Gasteiger partial charge in [-0.05, 0) is 57.6 Å². The average Bonchev–Trinajstić information content (AvgIpc) is 3.05. The van der Waals surface area contributed by atoms with Crippen LogP contribution in [0.25, 0.3) is 44.5 Å². The van der Waals surface area contributed by atoms with E-state index in [0.717, 1.165) is 11.1 Å². The second-order valence-corrected chi connectivity index (χ2v) is 11.7. The zero-order chi connectivity index (χ0) is 29.8. The normalized spacial score (nSPS) is 10.7. The van der Waals surface area contributed by atoms with Gasteiger partial charge in [-0.1, -0.05) is 121 Å². The van der Waals surface area contributed by atoms with E-state index in [-0.39, 0.29) is 22.1 Å². The molecule has 5 nitrogen and oxygen atoms in total. The Morgan fingerprint density at radius 1 is 0.349 bits per heavy atom. The van der Waals surface area contributed by atoms with Gasteiger partial charge in [-0.25, -0.2) is 18.3 Å². The minimum atomic E-state index is -3.16. The molecule has 6 rings (SSSR count). The van der Waals surface area contributed by atoms with Crippen molar-refractivity contribution in [1.29, 1.82) is 0 Å². The lowest BCUT2D eigenvalue weighted by Crippen LogP contribution is -2.11. The predicted octanol–water partition coefficient (Wildman–Crippen LogP) is 9.74. The first-order valence-electron chi connectivity index (χ1n) is 13.5. The molecule has 0 aliphatic carbocycles. The van der Waals surface area contributed by atoms with Crippen LogP contribution in [-0.2, 0) is 18.3 Å². The third-order valence-electron chi connectivity index (χ3n) is 7.16. The minimum Gasteiger partial charge on any atom is -0.455 e. The smallest absolute Gasteiger partial charge is 0.353 e. The quantitative estimate of drug-likeness (QED) is 0.163. The van der Waals surface area contributed by atoms with Crippen LogP contribution in [0.2, 0.25) is 0 Å². The Bertz CT molecular complexity index is 1890. The third-order valence-corrected chi connectivity index (χ3v) is 8.78. The van der Waals surface area contributed by atoms with E-state index < -0.39 is 15.4 Å². The molecule has 0 aliphatic heterocycles. The van der Waals surface area contributed by atoms with Crippen molar-refractivity contribution in [2.75, 3.05) is 0 Å². The van der Waals surface area contributed by atoms with Gasteiger partial charge in [0.05, 0.1) is 0 Å². The molecule has 0 saturated heterocycles. The molecule has 6 aromatic carbocycles. The van der Waals surface area contributed by atoms with Crippen molar-refractivity contribution >= 4 is 26.0 Å². The molecule has 43 heavy (non-hydrogen) atoms. The Morgan fingerprint density at radius 2 is 0.651 bits per heavy atom. The van der Waals surface area contributed by atoms with E-state index in [2.05, 4.69) is 0 Å². The average molecular weight is 599 g/mol. The Labute approximate surface area is 250 Å². The topological polar surface area (TPSA) is 77.5 Å². The van der Waals surface area contributed by atoms with E-state index in [1.807, 2.05) is 133 Å². The molecule has 0 spiro atoms. The summed E-state index contributed by atoms with van der Waals surface area (Å²) in [5.74, 6) is 0.0819. The molecule has 0 bridgehead atoms. The molecular weight excluding hydrogens is 574 g/mol. The van der Waals surface area contributed by atoms with E-state index in [1.54, 1.807) is 12.1 Å². The standard InChI is InChI=1S/C36H24O5P2/c37-42(38)35-31(23-21-29(25-13-5-1-6-14-25)33(35)27-17-9-3-10-18-27)41-32-24-22-30(26-15-7-2-8-16-26)34(36(32)43(39)40)28-19-11-4-12-20-28/h1-24H. The van der Waals surface area contributed by atoms with Gasteiger partial charge in [0, 0.05) is 11.1 Å². The maximum atomic E-state index is 13.0. The van der Waals surface area contributed by atoms with Crippen molar-refractivity contribution < 1.29 is 23.0 Å². The summed E-state index contributed by atoms with van der Waals surface area (Å²) in [5, 5.41) is -0.0500. The molecule has 0 aliphatic rings. The fourth-order valence-corrected chi connectivity index (χ4v) is 6.76. The van der Waals surface area contributed by atoms with Gasteiger partial charge in [-0.3, -0.25) is 0 Å². The van der Waals surface area contributed by atoms with Gasteiger partial charge in [-0.2, -0.15) is 0 Å². The van der Waals surface area contributed by atoms with E-state index in [1.165, 1.54) is 0 Å². The van der Waals surface area contributed by atoms with Crippen molar-refractivity contribution in [2.45, 2.75) is 0 Å². The van der Waals surface area contributed by atoms with Gasteiger partial charge in [0.15, 0.2) is 0 Å². The maximum Gasteiger partial charge on any atom is 0.353 e. The molecule has 208 valence electrons. The molecular formula is C36H24O5P2. The Morgan fingerprint density at radius 3 is 0.953 bits per heavy atom. The summed E-state index contributed by atoms with van der Waals surface area (Å²) in [6.07, 6.45) is 0. The summed E-state index contributed by atoms with van der Waals surface area (Å²) in [6.45, 7) is 0. The summed E-state index contributed by atoms with van der Waals surface area (Å²) in [5.41, 5.74) is 5.47. The first-order chi connectivity index (χ1) is 21.0. The molecule has 0 unspecified atom stereocenters. The second-order valence-electron chi connectivity index (χ2n) is 9.75. The highest BCUT2D eigenvalue weighted by Crippen LogP contribution is 2.41. The lowest BCUT2D eigenvalue weighted by Gasteiger charge is -2.19. The minimum absolute atomic E-state index is 0.0250. The predicted molar refractivity (Wildman–Crippen MR) is 171 cm³/mol. The van der Waals surface area contributed by atoms with Gasteiger partial charge < -0.3 is 4.74 Å². The van der Waals surface area contributed by atoms with Crippen LogP contribution in [0, 0.1) is 0 Å². The van der Waals surface area contributed by atoms with Crippen LogP contribution < -0.4 is 15.3 Å². The SMILES string of the molecule is O=P(=O)c1c(Oc2ccc(-c3ccccc3)c(-c3ccccc3)c2P(=O)=O)ccc(-c2ccccc2)c1-c1ccccc1. The molecule has 0 atom stereocenters. The number of ether oxygens (including phenoxy) is 1. The van der Waals surface area contributed by atoms with Gasteiger partial charge in [0.1, 0.15) is 22.1 Å². The number of rotatable bonds is 8. The molecule has 0 radical (unpaired) electrons. The van der Waals surface area contributed by atoms with Gasteiger partial charge in [0.2, 0.25) is 0 Å². The van der Waals surface area contributed by atoms with E-state index in [0.29, 0.717) is 33.4 Å². The lowest BCUT2D eigenvalue weighted by molar-refractivity contribution is 0.485. The van der Waals surface area contributed by atoms with Crippen LogP contribution in [0.15, 0.2) is 146 Å². The molecule has 0 N–H and O–H groups in total. The summed E-state index contributed by atoms with van der Waals surface area (Å²) in [4.78, 5) is 0. The fourth-order valence-electron chi connectivity index (χ4n) is 5.30. The highest BCUT2D eigenvalue weighted by Gasteiger charge is 2.25. The third kappa shape index (κ3) is 5.69. The zero-order valence-electron chi connectivity index (χ0n) is 22.8. The Balaban J connectivity index is 1.61. The van der Waals surface area contributed by atoms with Crippen molar-refractivity contribution in [3.05, 3.63) is 146 Å². The van der Waals surface area contributed by atoms with Gasteiger partial charge in [0.25, 0.3) is 0 Å². The molecule has 0 saturated carbocycles. The fraction of sp³-hybridized carbons (Fsp3) is 0. The van der Waals surface area contributed by atoms with E-state index in [9.17, 15) is 18.3 Å². The van der Waals surface area contributed by atoms with Crippen LogP contribution in [0.4, 0.5) is 0 Å². The van der Waals surface area contributed by atoms with Crippen LogP contribution >= 0.6 is 15.4 Å². The lowest BCUT2D eigenvalue weighted by atomic mass is 9.93. The zero-order valence-corrected chi connectivity index (χ0v) is 24.6. The van der Waals surface area contributed by atoms with Crippen LogP contribution in [0.3, 0.4) is 0 Å². The largest absolute Gasteiger partial charge is 0.455 e. The van der Waals surface area contributed by atoms with Gasteiger partial charge >= 0.3 is 15.4 Å². The second kappa shape index (κ2) is 12.4. The first-order valence-corrected chi connectivity index (χ1v) is 15.9. The Kier molecular flexibility index (Phi) is 8.11. The molecule has 0 aromatic heterocycles. The molecule has 0 fully saturated rings. The first kappa shape index (κ1) is 28.1. The van der Waals surface area contributed by atoms with E-state index >= 15 is 0 Å². The van der Waals surface area contributed by atoms with Crippen molar-refractivity contribution in [3.63, 3.8) is 0 Å². The van der Waals surface area contributed by atoms with Crippen molar-refractivity contribution in [1.82, 2.24) is 0 Å². The van der Waals surface area contributed by atoms with Crippen LogP contribution in [0.1, 0.15) is 0 Å². The summed E-state index contributed by atoms with van der Waals surface area (Å²) < 4.78 is 58.2. The van der Waals surface area contributed by atoms with Crippen molar-refractivity contribution in [2.24, 2.45) is 0 Å². The van der Waals surface area contributed by atoms with Crippen molar-refractivity contribution in [3.8, 4) is 56.0 Å². The number of hydrogen-bond donors (Lipinski definition) is 0. The summed E-state index contributed by atoms with van der Waals surface area (Å²) in [7, 11) is -6.32. The maximum absolute atomic E-state index is 13.0. The van der Waals surface area contributed by atoms with Gasteiger partial charge in [-0.15, -0.1) is 0 Å². The highest BCUT2D eigenvalue weighted by molar-refractivity contribution is 7.41. The van der Waals surface area contributed by atoms with Crippen LogP contribution in [-0.4, -0.2) is 0 Å². The Hall–Kier alpha value is -5.08.